The average molecular weight is 839 g/mol. The predicted molar refractivity (Wildman–Crippen MR) is 211 cm³/mol. The highest BCUT2D eigenvalue weighted by atomic mass is 16.8. The van der Waals surface area contributed by atoms with Gasteiger partial charge >= 0.3 is 23.9 Å². The minimum atomic E-state index is -1.54. The Kier molecular flexibility index (Phi) is 12.3. The number of fused-ring (bicyclic) bond motifs is 2. The molecule has 15 heteroatoms. The molecule has 10 atom stereocenters. The standard InChI is InChI=1S/C46H46O15/c1-45(2)58-33-31(25-51-39(47)27-17-9-5-10-18-27)53-43(37(35(33)60-45)55-41(49)29-21-13-7-14-22-29)56-38-36-34(59-46(3,4)61-36)32(26-52-40(48)28-19-11-6-12-20-28)54-44(38)57-42(50)30-23-15-8-16-24-30/h5-24,31-38,43-44H,25-26H2,1-4H3/t31-,32-,33+,34+,35+,36+,37-,38-,43+,44-/m1/s1. The summed E-state index contributed by atoms with van der Waals surface area (Å²) in [7, 11) is 0. The lowest BCUT2D eigenvalue weighted by Crippen LogP contribution is -2.64. The van der Waals surface area contributed by atoms with Crippen LogP contribution in [0.5, 0.6) is 0 Å². The first-order chi connectivity index (χ1) is 29.3. The first kappa shape index (κ1) is 42.2. The van der Waals surface area contributed by atoms with Gasteiger partial charge in [0.1, 0.15) is 49.8 Å². The highest BCUT2D eigenvalue weighted by Gasteiger charge is 2.62. The molecule has 0 radical (unpaired) electrons. The normalized spacial score (nSPS) is 29.6. The van der Waals surface area contributed by atoms with E-state index in [0.29, 0.717) is 11.1 Å². The van der Waals surface area contributed by atoms with Crippen molar-refractivity contribution in [3.63, 3.8) is 0 Å². The van der Waals surface area contributed by atoms with Crippen molar-refractivity contribution in [2.45, 2.75) is 101 Å². The number of ether oxygens (including phenoxy) is 11. The van der Waals surface area contributed by atoms with Crippen LogP contribution in [0.1, 0.15) is 69.1 Å². The van der Waals surface area contributed by atoms with Crippen molar-refractivity contribution >= 4 is 23.9 Å². The van der Waals surface area contributed by atoms with E-state index in [9.17, 15) is 19.2 Å². The van der Waals surface area contributed by atoms with Crippen LogP contribution in [-0.4, -0.2) is 110 Å². The van der Waals surface area contributed by atoms with Gasteiger partial charge in [-0.3, -0.25) is 0 Å². The molecule has 0 saturated carbocycles. The molecule has 0 amide bonds. The second-order valence-electron chi connectivity index (χ2n) is 15.8. The van der Waals surface area contributed by atoms with Crippen molar-refractivity contribution < 1.29 is 71.3 Å². The number of carbonyl (C=O) groups is 4. The molecule has 4 fully saturated rings. The van der Waals surface area contributed by atoms with Gasteiger partial charge in [-0.25, -0.2) is 19.2 Å². The van der Waals surface area contributed by atoms with Crippen LogP contribution < -0.4 is 0 Å². The second kappa shape index (κ2) is 17.8. The summed E-state index contributed by atoms with van der Waals surface area (Å²) in [5.74, 6) is -5.11. The van der Waals surface area contributed by atoms with Gasteiger partial charge in [0, 0.05) is 0 Å². The average Bonchev–Trinajstić information content (AvgIpc) is 3.79. The Hall–Kier alpha value is -5.52. The molecule has 8 rings (SSSR count). The van der Waals surface area contributed by atoms with Crippen molar-refractivity contribution in [3.05, 3.63) is 144 Å². The molecule has 4 heterocycles. The summed E-state index contributed by atoms with van der Waals surface area (Å²) in [6.45, 7) is 6.15. The largest absolute Gasteiger partial charge is 0.459 e. The molecule has 0 bridgehead atoms. The molecule has 4 aliphatic rings. The molecule has 0 unspecified atom stereocenters. The monoisotopic (exact) mass is 838 g/mol. The Labute approximate surface area is 352 Å². The molecule has 4 aromatic rings. The van der Waals surface area contributed by atoms with Crippen LogP contribution in [0.2, 0.25) is 0 Å². The molecule has 0 N–H and O–H groups in total. The molecule has 0 spiro atoms. The maximum absolute atomic E-state index is 13.8. The van der Waals surface area contributed by atoms with Gasteiger partial charge < -0.3 is 52.1 Å². The van der Waals surface area contributed by atoms with Crippen molar-refractivity contribution in [1.29, 1.82) is 0 Å². The smallest absolute Gasteiger partial charge is 0.340 e. The van der Waals surface area contributed by atoms with E-state index in [2.05, 4.69) is 0 Å². The summed E-state index contributed by atoms with van der Waals surface area (Å²) >= 11 is 0. The van der Waals surface area contributed by atoms with Crippen molar-refractivity contribution in [3.8, 4) is 0 Å². The molecule has 4 aromatic carbocycles. The van der Waals surface area contributed by atoms with Gasteiger partial charge in [-0.2, -0.15) is 0 Å². The van der Waals surface area contributed by atoms with Crippen molar-refractivity contribution in [2.75, 3.05) is 13.2 Å². The highest BCUT2D eigenvalue weighted by Crippen LogP contribution is 2.43. The van der Waals surface area contributed by atoms with Crippen LogP contribution in [0, 0.1) is 0 Å². The summed E-state index contributed by atoms with van der Waals surface area (Å²) in [6, 6.07) is 33.5. The SMILES string of the molecule is CC1(C)O[C@H]2[C@@H](O1)[C@@H](COC(=O)c1ccccc1)O[C@@H](O[C@H]1[C@@H](OC(=O)c3ccccc3)O[C@H](COC(=O)c3ccccc3)[C@@H]3OC(C)(C)O[C@@H]31)[C@@H]2OC(=O)c1ccccc1. The number of carbonyl (C=O) groups excluding carboxylic acids is 4. The number of benzene rings is 4. The fourth-order valence-electron chi connectivity index (χ4n) is 7.72. The Bertz CT molecular complexity index is 2150. The van der Waals surface area contributed by atoms with Gasteiger partial charge in [-0.05, 0) is 76.2 Å². The summed E-state index contributed by atoms with van der Waals surface area (Å²) in [5, 5.41) is 0. The molecule has 0 aromatic heterocycles. The summed E-state index contributed by atoms with van der Waals surface area (Å²) in [4.78, 5) is 53.7. The fourth-order valence-corrected chi connectivity index (χ4v) is 7.72. The molecule has 0 aliphatic carbocycles. The van der Waals surface area contributed by atoms with Crippen LogP contribution >= 0.6 is 0 Å². The Balaban J connectivity index is 1.13. The molecular weight excluding hydrogens is 792 g/mol. The van der Waals surface area contributed by atoms with Crippen molar-refractivity contribution in [1.82, 2.24) is 0 Å². The number of hydrogen-bond donors (Lipinski definition) is 0. The van der Waals surface area contributed by atoms with Gasteiger partial charge in [0.25, 0.3) is 0 Å². The van der Waals surface area contributed by atoms with E-state index in [-0.39, 0.29) is 24.3 Å². The Morgan fingerprint density at radius 1 is 0.443 bits per heavy atom. The van der Waals surface area contributed by atoms with E-state index < -0.39 is 96.9 Å². The van der Waals surface area contributed by atoms with E-state index in [1.807, 2.05) is 0 Å². The van der Waals surface area contributed by atoms with Crippen LogP contribution in [0.25, 0.3) is 0 Å². The zero-order chi connectivity index (χ0) is 42.7. The van der Waals surface area contributed by atoms with E-state index >= 15 is 0 Å². The van der Waals surface area contributed by atoms with Crippen LogP contribution in [-0.2, 0) is 52.1 Å². The van der Waals surface area contributed by atoms with Crippen LogP contribution in [0.4, 0.5) is 0 Å². The molecule has 320 valence electrons. The molecule has 15 nitrogen and oxygen atoms in total. The molecule has 4 saturated heterocycles. The second-order valence-corrected chi connectivity index (χ2v) is 15.8. The van der Waals surface area contributed by atoms with E-state index in [0.717, 1.165) is 0 Å². The van der Waals surface area contributed by atoms with Crippen LogP contribution in [0.3, 0.4) is 0 Å². The zero-order valence-corrected chi connectivity index (χ0v) is 33.9. The molecular formula is C46H46O15. The van der Waals surface area contributed by atoms with Gasteiger partial charge in [0.2, 0.25) is 6.29 Å². The highest BCUT2D eigenvalue weighted by molar-refractivity contribution is 5.90. The predicted octanol–water partition coefficient (Wildman–Crippen LogP) is 5.66. The lowest BCUT2D eigenvalue weighted by molar-refractivity contribution is -0.344. The van der Waals surface area contributed by atoms with E-state index in [1.54, 1.807) is 149 Å². The quantitative estimate of drug-likeness (QED) is 0.126. The van der Waals surface area contributed by atoms with E-state index in [4.69, 9.17) is 52.1 Å². The number of rotatable bonds is 12. The van der Waals surface area contributed by atoms with Gasteiger partial charge in [0.05, 0.1) is 22.3 Å². The summed E-state index contributed by atoms with van der Waals surface area (Å²) < 4.78 is 69.0. The van der Waals surface area contributed by atoms with E-state index in [1.165, 1.54) is 0 Å². The fraction of sp³-hybridized carbons (Fsp3) is 0.391. The first-order valence-electron chi connectivity index (χ1n) is 20.0. The first-order valence-corrected chi connectivity index (χ1v) is 20.0. The topological polar surface area (TPSA) is 170 Å². The lowest BCUT2D eigenvalue weighted by Gasteiger charge is -2.46. The number of esters is 4. The molecule has 61 heavy (non-hydrogen) atoms. The lowest BCUT2D eigenvalue weighted by atomic mass is 9.97. The summed E-state index contributed by atoms with van der Waals surface area (Å²) in [5.41, 5.74) is 1.10. The van der Waals surface area contributed by atoms with Crippen LogP contribution in [0.15, 0.2) is 121 Å². The maximum atomic E-state index is 13.8. The third-order valence-electron chi connectivity index (χ3n) is 10.4. The minimum absolute atomic E-state index is 0.216. The van der Waals surface area contributed by atoms with Gasteiger partial charge in [-0.15, -0.1) is 0 Å². The minimum Gasteiger partial charge on any atom is -0.459 e. The summed E-state index contributed by atoms with van der Waals surface area (Å²) in [6.07, 6.45) is -11.6. The Morgan fingerprint density at radius 2 is 0.787 bits per heavy atom. The number of hydrogen-bond acceptors (Lipinski definition) is 15. The van der Waals surface area contributed by atoms with Crippen molar-refractivity contribution in [2.24, 2.45) is 0 Å². The maximum Gasteiger partial charge on any atom is 0.340 e. The van der Waals surface area contributed by atoms with Gasteiger partial charge in [0.15, 0.2) is 30.1 Å². The zero-order valence-electron chi connectivity index (χ0n) is 33.9. The third-order valence-corrected chi connectivity index (χ3v) is 10.4. The van der Waals surface area contributed by atoms with Gasteiger partial charge in [-0.1, -0.05) is 72.8 Å². The third kappa shape index (κ3) is 9.68. The molecule has 4 aliphatic heterocycles. The Morgan fingerprint density at radius 3 is 1.21 bits per heavy atom.